The zero-order chi connectivity index (χ0) is 23.7. The zero-order valence-electron chi connectivity index (χ0n) is 18.8. The fourth-order valence-corrected chi connectivity index (χ4v) is 2.85. The molecule has 2 aromatic carbocycles. The number of hydrogen-bond donors (Lipinski definition) is 2. The number of ether oxygens (including phenoxy) is 3. The Kier molecular flexibility index (Phi) is 8.47. The molecule has 2 amide bonds. The highest BCUT2D eigenvalue weighted by molar-refractivity contribution is 5.95. The minimum Gasteiger partial charge on any atom is -0.492 e. The van der Waals surface area contributed by atoms with Crippen molar-refractivity contribution in [1.29, 1.82) is 5.26 Å². The standard InChI is InChI=1S/C24H29N3O5/c1-5-30-21-14-19(9-6-16(21)15-25)31-18-10-7-17(8-11-18)27-22(28)20(32-23(26)29)12-13-24(2,3)4/h6-11,14,20H,5,12-13H2,1-4H3,(H2,26,29)(H,27,28)/t20-/m1/s1. The van der Waals surface area contributed by atoms with Crippen molar-refractivity contribution in [3.8, 4) is 23.3 Å². The largest absolute Gasteiger partial charge is 0.492 e. The molecule has 0 radical (unpaired) electrons. The van der Waals surface area contributed by atoms with Gasteiger partial charge in [0.05, 0.1) is 12.2 Å². The first-order valence-corrected chi connectivity index (χ1v) is 10.3. The van der Waals surface area contributed by atoms with Crippen LogP contribution in [0.4, 0.5) is 10.5 Å². The Labute approximate surface area is 188 Å². The molecule has 3 N–H and O–H groups in total. The monoisotopic (exact) mass is 439 g/mol. The second kappa shape index (κ2) is 11.0. The molecule has 8 nitrogen and oxygen atoms in total. The topological polar surface area (TPSA) is 124 Å². The number of carbonyl (C=O) groups is 2. The fourth-order valence-electron chi connectivity index (χ4n) is 2.85. The zero-order valence-corrected chi connectivity index (χ0v) is 18.8. The number of rotatable bonds is 9. The van der Waals surface area contributed by atoms with Crippen LogP contribution in [-0.2, 0) is 9.53 Å². The van der Waals surface area contributed by atoms with Gasteiger partial charge in [0.1, 0.15) is 23.3 Å². The lowest BCUT2D eigenvalue weighted by molar-refractivity contribution is -0.124. The third-order valence-corrected chi connectivity index (χ3v) is 4.44. The average Bonchev–Trinajstić information content (AvgIpc) is 2.72. The van der Waals surface area contributed by atoms with Gasteiger partial charge in [-0.2, -0.15) is 5.26 Å². The number of primary amides is 1. The Morgan fingerprint density at radius 3 is 2.34 bits per heavy atom. The summed E-state index contributed by atoms with van der Waals surface area (Å²) in [5, 5.41) is 11.9. The predicted octanol–water partition coefficient (Wildman–Crippen LogP) is 4.98. The Bertz CT molecular complexity index is 975. The normalized spacial score (nSPS) is 11.7. The number of nitrogens with one attached hydrogen (secondary N) is 1. The van der Waals surface area contributed by atoms with Crippen LogP contribution in [-0.4, -0.2) is 24.7 Å². The number of nitrogens with zero attached hydrogens (tertiary/aromatic N) is 1. The summed E-state index contributed by atoms with van der Waals surface area (Å²) in [5.41, 5.74) is 6.05. The SMILES string of the molecule is CCOc1cc(Oc2ccc(NC(=O)[C@@H](CCC(C)(C)C)OC(N)=O)cc2)ccc1C#N. The molecule has 0 unspecified atom stereocenters. The summed E-state index contributed by atoms with van der Waals surface area (Å²) in [6.45, 7) is 8.38. The van der Waals surface area contributed by atoms with E-state index in [4.69, 9.17) is 25.2 Å². The quantitative estimate of drug-likeness (QED) is 0.568. The van der Waals surface area contributed by atoms with Gasteiger partial charge in [-0.15, -0.1) is 0 Å². The summed E-state index contributed by atoms with van der Waals surface area (Å²) < 4.78 is 16.3. The van der Waals surface area contributed by atoms with Crippen LogP contribution in [0.15, 0.2) is 42.5 Å². The van der Waals surface area contributed by atoms with Crippen LogP contribution in [0.2, 0.25) is 0 Å². The highest BCUT2D eigenvalue weighted by atomic mass is 16.6. The maximum absolute atomic E-state index is 12.6. The van der Waals surface area contributed by atoms with Crippen molar-refractivity contribution in [3.05, 3.63) is 48.0 Å². The number of benzene rings is 2. The van der Waals surface area contributed by atoms with Crippen LogP contribution in [0.5, 0.6) is 17.2 Å². The van der Waals surface area contributed by atoms with Crippen molar-refractivity contribution in [1.82, 2.24) is 0 Å². The molecule has 0 aliphatic rings. The highest BCUT2D eigenvalue weighted by Crippen LogP contribution is 2.29. The maximum Gasteiger partial charge on any atom is 0.405 e. The van der Waals surface area contributed by atoms with Crippen molar-refractivity contribution in [2.75, 3.05) is 11.9 Å². The number of carbonyl (C=O) groups excluding carboxylic acids is 2. The van der Waals surface area contributed by atoms with Gasteiger partial charge in [0, 0.05) is 11.8 Å². The molecule has 170 valence electrons. The molecule has 2 rings (SSSR count). The van der Waals surface area contributed by atoms with Crippen molar-refractivity contribution in [3.63, 3.8) is 0 Å². The summed E-state index contributed by atoms with van der Waals surface area (Å²) >= 11 is 0. The van der Waals surface area contributed by atoms with Gasteiger partial charge in [-0.3, -0.25) is 4.79 Å². The molecule has 0 aliphatic carbocycles. The molecule has 0 aliphatic heterocycles. The maximum atomic E-state index is 12.6. The molecule has 1 atom stereocenters. The predicted molar refractivity (Wildman–Crippen MR) is 121 cm³/mol. The van der Waals surface area contributed by atoms with E-state index in [0.29, 0.717) is 47.9 Å². The molecule has 32 heavy (non-hydrogen) atoms. The molecule has 0 fully saturated rings. The molecular weight excluding hydrogens is 410 g/mol. The first-order chi connectivity index (χ1) is 15.1. The summed E-state index contributed by atoms with van der Waals surface area (Å²) in [5.74, 6) is 1.05. The summed E-state index contributed by atoms with van der Waals surface area (Å²) in [4.78, 5) is 23.8. The van der Waals surface area contributed by atoms with E-state index in [1.807, 2.05) is 27.7 Å². The molecule has 0 spiro atoms. The third kappa shape index (κ3) is 7.84. The number of hydrogen-bond acceptors (Lipinski definition) is 6. The number of anilines is 1. The van der Waals surface area contributed by atoms with Crippen molar-refractivity contribution < 1.29 is 23.8 Å². The van der Waals surface area contributed by atoms with Crippen LogP contribution in [0.25, 0.3) is 0 Å². The Balaban J connectivity index is 2.05. The number of amides is 2. The van der Waals surface area contributed by atoms with Gasteiger partial charge in [-0.1, -0.05) is 20.8 Å². The van der Waals surface area contributed by atoms with Gasteiger partial charge in [0.15, 0.2) is 6.10 Å². The van der Waals surface area contributed by atoms with E-state index in [1.165, 1.54) is 0 Å². The van der Waals surface area contributed by atoms with Crippen molar-refractivity contribution in [2.45, 2.75) is 46.6 Å². The Morgan fingerprint density at radius 2 is 1.78 bits per heavy atom. The van der Waals surface area contributed by atoms with E-state index in [0.717, 1.165) is 0 Å². The second-order valence-corrected chi connectivity index (χ2v) is 8.34. The van der Waals surface area contributed by atoms with Gasteiger partial charge >= 0.3 is 6.09 Å². The number of nitriles is 1. The molecule has 0 bridgehead atoms. The second-order valence-electron chi connectivity index (χ2n) is 8.34. The van der Waals surface area contributed by atoms with E-state index in [1.54, 1.807) is 42.5 Å². The van der Waals surface area contributed by atoms with Crippen molar-refractivity contribution >= 4 is 17.7 Å². The van der Waals surface area contributed by atoms with Crippen molar-refractivity contribution in [2.24, 2.45) is 11.1 Å². The minimum absolute atomic E-state index is 0.0218. The van der Waals surface area contributed by atoms with Gasteiger partial charge in [0.2, 0.25) is 0 Å². The van der Waals surface area contributed by atoms with Gasteiger partial charge in [-0.25, -0.2) is 4.79 Å². The van der Waals surface area contributed by atoms with Gasteiger partial charge in [0.25, 0.3) is 5.91 Å². The van der Waals surface area contributed by atoms with Crippen LogP contribution >= 0.6 is 0 Å². The van der Waals surface area contributed by atoms with E-state index in [9.17, 15) is 9.59 Å². The molecule has 8 heteroatoms. The van der Waals surface area contributed by atoms with Crippen LogP contribution < -0.4 is 20.5 Å². The van der Waals surface area contributed by atoms with Crippen LogP contribution in [0.3, 0.4) is 0 Å². The smallest absolute Gasteiger partial charge is 0.405 e. The molecule has 0 saturated carbocycles. The lowest BCUT2D eigenvalue weighted by atomic mass is 9.89. The van der Waals surface area contributed by atoms with E-state index in [-0.39, 0.29) is 5.41 Å². The van der Waals surface area contributed by atoms with E-state index in [2.05, 4.69) is 11.4 Å². The Hall–Kier alpha value is -3.73. The average molecular weight is 440 g/mol. The lowest BCUT2D eigenvalue weighted by Crippen LogP contribution is -2.35. The number of nitrogens with two attached hydrogens (primary N) is 1. The Morgan fingerprint density at radius 1 is 1.12 bits per heavy atom. The summed E-state index contributed by atoms with van der Waals surface area (Å²) in [6, 6.07) is 13.8. The molecule has 0 aromatic heterocycles. The highest BCUT2D eigenvalue weighted by Gasteiger charge is 2.24. The van der Waals surface area contributed by atoms with Crippen LogP contribution in [0, 0.1) is 16.7 Å². The summed E-state index contributed by atoms with van der Waals surface area (Å²) in [6.07, 6.45) is -0.922. The lowest BCUT2D eigenvalue weighted by Gasteiger charge is -2.22. The molecular formula is C24H29N3O5. The first-order valence-electron chi connectivity index (χ1n) is 10.3. The van der Waals surface area contributed by atoms with Crippen LogP contribution in [0.1, 0.15) is 46.1 Å². The minimum atomic E-state index is -0.989. The van der Waals surface area contributed by atoms with Gasteiger partial charge < -0.3 is 25.3 Å². The molecule has 0 heterocycles. The third-order valence-electron chi connectivity index (χ3n) is 4.44. The summed E-state index contributed by atoms with van der Waals surface area (Å²) in [7, 11) is 0. The molecule has 2 aromatic rings. The van der Waals surface area contributed by atoms with E-state index < -0.39 is 18.1 Å². The van der Waals surface area contributed by atoms with E-state index >= 15 is 0 Å². The molecule has 0 saturated heterocycles. The fraction of sp³-hybridized carbons (Fsp3) is 0.375. The van der Waals surface area contributed by atoms with Gasteiger partial charge in [-0.05, 0) is 61.6 Å². The first kappa shape index (κ1) is 24.5.